The van der Waals surface area contributed by atoms with E-state index in [1.54, 1.807) is 12.1 Å². The van der Waals surface area contributed by atoms with E-state index in [1.807, 2.05) is 18.2 Å². The van der Waals surface area contributed by atoms with Crippen LogP contribution in [0.25, 0.3) is 10.8 Å². The van der Waals surface area contributed by atoms with Gasteiger partial charge in [-0.1, -0.05) is 57.7 Å². The second kappa shape index (κ2) is 10.8. The van der Waals surface area contributed by atoms with Crippen molar-refractivity contribution >= 4 is 10.8 Å². The average molecular weight is 441 g/mol. The van der Waals surface area contributed by atoms with E-state index in [-0.39, 0.29) is 5.39 Å². The molecule has 0 bridgehead atoms. The molecule has 4 rings (SSSR count). The molecule has 0 spiro atoms. The maximum atomic E-state index is 14.8. The molecule has 32 heavy (non-hydrogen) atoms. The average Bonchev–Trinajstić information content (AvgIpc) is 2.84. The Morgan fingerprint density at radius 1 is 0.906 bits per heavy atom. The lowest BCUT2D eigenvalue weighted by Crippen LogP contribution is -2.25. The fourth-order valence-corrected chi connectivity index (χ4v) is 6.16. The molecule has 0 aliphatic heterocycles. The van der Waals surface area contributed by atoms with Crippen LogP contribution in [0.1, 0.15) is 76.7 Å². The van der Waals surface area contributed by atoms with Crippen LogP contribution in [0.4, 0.5) is 8.78 Å². The number of ether oxygens (including phenoxy) is 1. The SMILES string of the molecule is C=CCOc1ccc2cc(CCC3CCC(C4CCC(CC)CC4)CC3)c(F)c(F)c2c1. The predicted molar refractivity (Wildman–Crippen MR) is 129 cm³/mol. The fourth-order valence-electron chi connectivity index (χ4n) is 6.16. The normalized spacial score (nSPS) is 26.2. The molecule has 174 valence electrons. The molecule has 2 aromatic rings. The molecule has 2 aliphatic rings. The molecule has 2 aromatic carbocycles. The molecule has 0 radical (unpaired) electrons. The Balaban J connectivity index is 1.32. The summed E-state index contributed by atoms with van der Waals surface area (Å²) in [6.45, 7) is 6.29. The lowest BCUT2D eigenvalue weighted by atomic mass is 9.68. The summed E-state index contributed by atoms with van der Waals surface area (Å²) in [5.41, 5.74) is 0.509. The van der Waals surface area contributed by atoms with Crippen LogP contribution in [-0.2, 0) is 6.42 Å². The Kier molecular flexibility index (Phi) is 7.86. The minimum atomic E-state index is -0.757. The lowest BCUT2D eigenvalue weighted by molar-refractivity contribution is 0.142. The zero-order valence-corrected chi connectivity index (χ0v) is 19.6. The number of benzene rings is 2. The highest BCUT2D eigenvalue weighted by Gasteiger charge is 2.30. The molecule has 1 nitrogen and oxygen atoms in total. The highest BCUT2D eigenvalue weighted by atomic mass is 19.2. The van der Waals surface area contributed by atoms with E-state index in [9.17, 15) is 8.78 Å². The molecule has 0 amide bonds. The van der Waals surface area contributed by atoms with E-state index in [2.05, 4.69) is 13.5 Å². The third-order valence-electron chi connectivity index (χ3n) is 8.28. The van der Waals surface area contributed by atoms with Crippen molar-refractivity contribution in [3.8, 4) is 5.75 Å². The summed E-state index contributed by atoms with van der Waals surface area (Å²) < 4.78 is 35.1. The molecule has 2 fully saturated rings. The molecule has 2 aliphatic carbocycles. The van der Waals surface area contributed by atoms with Gasteiger partial charge in [0, 0.05) is 5.39 Å². The van der Waals surface area contributed by atoms with Crippen LogP contribution in [0.2, 0.25) is 0 Å². The maximum Gasteiger partial charge on any atom is 0.167 e. The van der Waals surface area contributed by atoms with Gasteiger partial charge >= 0.3 is 0 Å². The molecule has 0 unspecified atom stereocenters. The first kappa shape index (κ1) is 23.3. The zero-order valence-electron chi connectivity index (χ0n) is 19.6. The Labute approximate surface area is 192 Å². The molecule has 3 heteroatoms. The maximum absolute atomic E-state index is 14.8. The van der Waals surface area contributed by atoms with Gasteiger partial charge in [0.05, 0.1) is 0 Å². The second-order valence-corrected chi connectivity index (χ2v) is 10.2. The molecule has 2 saturated carbocycles. The van der Waals surface area contributed by atoms with Crippen molar-refractivity contribution in [2.45, 2.75) is 77.6 Å². The van der Waals surface area contributed by atoms with Crippen molar-refractivity contribution in [3.63, 3.8) is 0 Å². The van der Waals surface area contributed by atoms with Gasteiger partial charge in [0.1, 0.15) is 12.4 Å². The topological polar surface area (TPSA) is 9.23 Å². The van der Waals surface area contributed by atoms with E-state index in [4.69, 9.17) is 4.74 Å². The van der Waals surface area contributed by atoms with Crippen LogP contribution < -0.4 is 4.74 Å². The summed E-state index contributed by atoms with van der Waals surface area (Å²) >= 11 is 0. The Morgan fingerprint density at radius 2 is 1.56 bits per heavy atom. The Bertz CT molecular complexity index is 905. The summed E-state index contributed by atoms with van der Waals surface area (Å²) in [6, 6.07) is 7.03. The van der Waals surface area contributed by atoms with Gasteiger partial charge < -0.3 is 4.74 Å². The number of hydrogen-bond donors (Lipinski definition) is 0. The number of aryl methyl sites for hydroxylation is 1. The largest absolute Gasteiger partial charge is 0.490 e. The lowest BCUT2D eigenvalue weighted by Gasteiger charge is -2.37. The first-order chi connectivity index (χ1) is 15.6. The molecule has 0 N–H and O–H groups in total. The van der Waals surface area contributed by atoms with Crippen LogP contribution in [0.15, 0.2) is 36.9 Å². The zero-order chi connectivity index (χ0) is 22.5. The minimum Gasteiger partial charge on any atom is -0.490 e. The second-order valence-electron chi connectivity index (χ2n) is 10.2. The number of fused-ring (bicyclic) bond motifs is 1. The van der Waals surface area contributed by atoms with Crippen LogP contribution >= 0.6 is 0 Å². The molecular formula is C29H38F2O. The highest BCUT2D eigenvalue weighted by molar-refractivity contribution is 5.85. The number of halogens is 2. The monoisotopic (exact) mass is 440 g/mol. The van der Waals surface area contributed by atoms with Gasteiger partial charge in [-0.15, -0.1) is 0 Å². The van der Waals surface area contributed by atoms with E-state index in [0.717, 1.165) is 29.6 Å². The van der Waals surface area contributed by atoms with E-state index >= 15 is 0 Å². The van der Waals surface area contributed by atoms with Gasteiger partial charge in [0.15, 0.2) is 11.6 Å². The molecule has 0 atom stereocenters. The first-order valence-corrected chi connectivity index (χ1v) is 12.7. The molecule has 0 aromatic heterocycles. The first-order valence-electron chi connectivity index (χ1n) is 12.7. The third kappa shape index (κ3) is 5.35. The van der Waals surface area contributed by atoms with Crippen LogP contribution in [0.5, 0.6) is 5.75 Å². The summed E-state index contributed by atoms with van der Waals surface area (Å²) in [5, 5.41) is 1.02. The standard InChI is InChI=1S/C29H38F2O/c1-3-17-32-26-16-15-24-18-25(28(30)29(31)27(24)19-26)14-9-21-7-12-23(13-8-21)22-10-5-20(4-2)6-11-22/h3,15-16,18-23H,1,4-14,17H2,2H3. The summed E-state index contributed by atoms with van der Waals surface area (Å²) in [6.07, 6.45) is 15.4. The van der Waals surface area contributed by atoms with Gasteiger partial charge in [-0.25, -0.2) is 8.78 Å². The Hall–Kier alpha value is -1.90. The molecule has 0 saturated heterocycles. The van der Waals surface area contributed by atoms with Gasteiger partial charge in [0.2, 0.25) is 0 Å². The smallest absolute Gasteiger partial charge is 0.167 e. The van der Waals surface area contributed by atoms with Crippen molar-refractivity contribution in [3.05, 3.63) is 54.1 Å². The molecular weight excluding hydrogens is 402 g/mol. The van der Waals surface area contributed by atoms with Crippen molar-refractivity contribution in [2.24, 2.45) is 23.7 Å². The number of hydrogen-bond acceptors (Lipinski definition) is 1. The number of rotatable bonds is 8. The van der Waals surface area contributed by atoms with Crippen LogP contribution in [0.3, 0.4) is 0 Å². The van der Waals surface area contributed by atoms with Gasteiger partial charge in [-0.2, -0.15) is 0 Å². The van der Waals surface area contributed by atoms with Gasteiger partial charge in [0.25, 0.3) is 0 Å². The third-order valence-corrected chi connectivity index (χ3v) is 8.28. The van der Waals surface area contributed by atoms with Crippen molar-refractivity contribution < 1.29 is 13.5 Å². The minimum absolute atomic E-state index is 0.283. The molecule has 0 heterocycles. The highest BCUT2D eigenvalue weighted by Crippen LogP contribution is 2.43. The van der Waals surface area contributed by atoms with Crippen molar-refractivity contribution in [1.29, 1.82) is 0 Å². The van der Waals surface area contributed by atoms with Gasteiger partial charge in [-0.3, -0.25) is 0 Å². The summed E-state index contributed by atoms with van der Waals surface area (Å²) in [5.74, 6) is 2.52. The quantitative estimate of drug-likeness (QED) is 0.373. The van der Waals surface area contributed by atoms with Crippen LogP contribution in [0, 0.1) is 35.3 Å². The van der Waals surface area contributed by atoms with Crippen molar-refractivity contribution in [1.82, 2.24) is 0 Å². The summed E-state index contributed by atoms with van der Waals surface area (Å²) in [7, 11) is 0. The van der Waals surface area contributed by atoms with E-state index < -0.39 is 11.6 Å². The Morgan fingerprint density at radius 3 is 2.19 bits per heavy atom. The van der Waals surface area contributed by atoms with Crippen LogP contribution in [-0.4, -0.2) is 6.61 Å². The fraction of sp³-hybridized carbons (Fsp3) is 0.586. The van der Waals surface area contributed by atoms with Gasteiger partial charge in [-0.05, 0) is 91.3 Å². The predicted octanol–water partition coefficient (Wildman–Crippen LogP) is 8.64. The van der Waals surface area contributed by atoms with Crippen molar-refractivity contribution in [2.75, 3.05) is 6.61 Å². The van der Waals surface area contributed by atoms with E-state index in [0.29, 0.717) is 30.3 Å². The summed E-state index contributed by atoms with van der Waals surface area (Å²) in [4.78, 5) is 0. The van der Waals surface area contributed by atoms with E-state index in [1.165, 1.54) is 57.8 Å².